The van der Waals surface area contributed by atoms with Crippen molar-refractivity contribution in [2.75, 3.05) is 6.54 Å². The quantitative estimate of drug-likeness (QED) is 0.849. The molecular weight excluding hydrogens is 322 g/mol. The number of rotatable bonds is 4. The smallest absolute Gasteiger partial charge is 0.0701 e. The molecule has 1 aliphatic heterocycles. The number of ether oxygens (including phenoxy) is 1. The molecule has 2 nitrogen and oxygen atoms in total. The van der Waals surface area contributed by atoms with E-state index in [9.17, 15) is 0 Å². The van der Waals surface area contributed by atoms with Gasteiger partial charge in [0.25, 0.3) is 0 Å². The van der Waals surface area contributed by atoms with Crippen molar-refractivity contribution >= 4 is 27.3 Å². The minimum Gasteiger partial charge on any atom is -0.369 e. The molecule has 108 valence electrons. The van der Waals surface area contributed by atoms with Gasteiger partial charge in [0, 0.05) is 16.8 Å². The van der Waals surface area contributed by atoms with Crippen LogP contribution in [0.2, 0.25) is 0 Å². The maximum Gasteiger partial charge on any atom is 0.0701 e. The molecule has 1 aliphatic rings. The molecular formula is C15H24BrNOS. The van der Waals surface area contributed by atoms with Crippen LogP contribution in [0.3, 0.4) is 0 Å². The number of hydrogen-bond donors (Lipinski definition) is 1. The zero-order chi connectivity index (χ0) is 14.3. The maximum atomic E-state index is 6.26. The van der Waals surface area contributed by atoms with Crippen LogP contribution in [0.25, 0.3) is 0 Å². The first-order chi connectivity index (χ1) is 8.75. The standard InChI is InChI=1S/C15H24BrNOS/c1-6-17-13(11-7-8-12(16)19-11)10-9-14(2,3)18-15(10,4)5/h7-8,10,13,17H,6,9H2,1-5H3. The van der Waals surface area contributed by atoms with Gasteiger partial charge in [0.15, 0.2) is 0 Å². The van der Waals surface area contributed by atoms with Gasteiger partial charge in [-0.15, -0.1) is 11.3 Å². The molecule has 19 heavy (non-hydrogen) atoms. The Balaban J connectivity index is 2.29. The Morgan fingerprint density at radius 2 is 2.11 bits per heavy atom. The van der Waals surface area contributed by atoms with Crippen molar-refractivity contribution in [1.29, 1.82) is 0 Å². The van der Waals surface area contributed by atoms with Gasteiger partial charge in [0.05, 0.1) is 15.0 Å². The highest BCUT2D eigenvalue weighted by atomic mass is 79.9. The van der Waals surface area contributed by atoms with Gasteiger partial charge in [-0.2, -0.15) is 0 Å². The topological polar surface area (TPSA) is 21.3 Å². The van der Waals surface area contributed by atoms with Crippen LogP contribution in [0, 0.1) is 5.92 Å². The second-order valence-corrected chi connectivity index (χ2v) is 8.95. The molecule has 0 aliphatic carbocycles. The van der Waals surface area contributed by atoms with Gasteiger partial charge >= 0.3 is 0 Å². The predicted molar refractivity (Wildman–Crippen MR) is 85.8 cm³/mol. The van der Waals surface area contributed by atoms with E-state index >= 15 is 0 Å². The summed E-state index contributed by atoms with van der Waals surface area (Å²) in [7, 11) is 0. The Kier molecular flexibility index (Phi) is 4.46. The monoisotopic (exact) mass is 345 g/mol. The number of hydrogen-bond acceptors (Lipinski definition) is 3. The van der Waals surface area contributed by atoms with Crippen LogP contribution in [0.5, 0.6) is 0 Å². The SMILES string of the molecule is CCNC(c1ccc(Br)s1)C1CC(C)(C)OC1(C)C. The fourth-order valence-corrected chi connectivity index (χ4v) is 4.85. The van der Waals surface area contributed by atoms with Gasteiger partial charge in [-0.1, -0.05) is 6.92 Å². The average Bonchev–Trinajstić information content (AvgIpc) is 2.76. The van der Waals surface area contributed by atoms with Crippen LogP contribution in [-0.2, 0) is 4.74 Å². The Morgan fingerprint density at radius 3 is 2.53 bits per heavy atom. The van der Waals surface area contributed by atoms with Crippen LogP contribution >= 0.6 is 27.3 Å². The predicted octanol–water partition coefficient (Wildman–Crippen LogP) is 4.75. The van der Waals surface area contributed by atoms with E-state index in [0.29, 0.717) is 12.0 Å². The third-order valence-electron chi connectivity index (χ3n) is 3.87. The lowest BCUT2D eigenvalue weighted by molar-refractivity contribution is -0.0777. The lowest BCUT2D eigenvalue weighted by atomic mass is 9.81. The van der Waals surface area contributed by atoms with Crippen molar-refractivity contribution in [2.45, 2.75) is 58.3 Å². The van der Waals surface area contributed by atoms with Crippen LogP contribution in [-0.4, -0.2) is 17.7 Å². The van der Waals surface area contributed by atoms with Crippen LogP contribution in [0.15, 0.2) is 15.9 Å². The first-order valence-corrected chi connectivity index (χ1v) is 8.55. The van der Waals surface area contributed by atoms with E-state index in [1.165, 1.54) is 8.66 Å². The van der Waals surface area contributed by atoms with Crippen molar-refractivity contribution < 1.29 is 4.74 Å². The molecule has 1 N–H and O–H groups in total. The van der Waals surface area contributed by atoms with Gasteiger partial charge in [-0.25, -0.2) is 0 Å². The van der Waals surface area contributed by atoms with E-state index in [1.807, 2.05) is 11.3 Å². The highest BCUT2D eigenvalue weighted by molar-refractivity contribution is 9.11. The summed E-state index contributed by atoms with van der Waals surface area (Å²) in [6, 6.07) is 4.74. The van der Waals surface area contributed by atoms with E-state index in [1.54, 1.807) is 0 Å². The zero-order valence-corrected chi connectivity index (χ0v) is 14.8. The first-order valence-electron chi connectivity index (χ1n) is 6.94. The van der Waals surface area contributed by atoms with E-state index in [4.69, 9.17) is 4.74 Å². The molecule has 2 unspecified atom stereocenters. The third kappa shape index (κ3) is 3.41. The third-order valence-corrected chi connectivity index (χ3v) is 5.58. The van der Waals surface area contributed by atoms with Crippen LogP contribution in [0.4, 0.5) is 0 Å². The normalized spacial score (nSPS) is 26.5. The minimum atomic E-state index is -0.0905. The lowest BCUT2D eigenvalue weighted by Gasteiger charge is -2.33. The minimum absolute atomic E-state index is 0.0314. The van der Waals surface area contributed by atoms with Crippen molar-refractivity contribution in [1.82, 2.24) is 5.32 Å². The maximum absolute atomic E-state index is 6.26. The van der Waals surface area contributed by atoms with Gasteiger partial charge < -0.3 is 10.1 Å². The summed E-state index contributed by atoms with van der Waals surface area (Å²) in [5.41, 5.74) is -0.122. The van der Waals surface area contributed by atoms with Crippen molar-refractivity contribution in [3.8, 4) is 0 Å². The molecule has 0 radical (unpaired) electrons. The molecule has 0 amide bonds. The molecule has 1 aromatic rings. The molecule has 2 rings (SSSR count). The molecule has 1 aromatic heterocycles. The van der Waals surface area contributed by atoms with Crippen LogP contribution in [0.1, 0.15) is 52.0 Å². The van der Waals surface area contributed by atoms with Gasteiger partial charge in [-0.05, 0) is 68.7 Å². The second kappa shape index (κ2) is 5.47. The summed E-state index contributed by atoms with van der Waals surface area (Å²) in [5.74, 6) is 0.494. The summed E-state index contributed by atoms with van der Waals surface area (Å²) in [6.45, 7) is 12.0. The Bertz CT molecular complexity index is 441. The summed E-state index contributed by atoms with van der Waals surface area (Å²) in [6.07, 6.45) is 1.09. The van der Waals surface area contributed by atoms with Crippen molar-refractivity contribution in [2.24, 2.45) is 5.92 Å². The molecule has 0 saturated carbocycles. The van der Waals surface area contributed by atoms with Gasteiger partial charge in [0.1, 0.15) is 0 Å². The highest BCUT2D eigenvalue weighted by Crippen LogP contribution is 2.48. The lowest BCUT2D eigenvalue weighted by Crippen LogP contribution is -2.38. The van der Waals surface area contributed by atoms with Crippen molar-refractivity contribution in [3.05, 3.63) is 20.8 Å². The molecule has 4 heteroatoms. The largest absolute Gasteiger partial charge is 0.369 e. The summed E-state index contributed by atoms with van der Waals surface area (Å²) < 4.78 is 7.45. The molecule has 0 bridgehead atoms. The molecule has 0 spiro atoms. The van der Waals surface area contributed by atoms with Gasteiger partial charge in [-0.3, -0.25) is 0 Å². The number of thiophene rings is 1. The molecule has 1 saturated heterocycles. The Labute approximate surface area is 129 Å². The Hall–Kier alpha value is 0.1000. The summed E-state index contributed by atoms with van der Waals surface area (Å²) >= 11 is 5.39. The second-order valence-electron chi connectivity index (χ2n) is 6.45. The van der Waals surface area contributed by atoms with E-state index in [-0.39, 0.29) is 11.2 Å². The van der Waals surface area contributed by atoms with Gasteiger partial charge in [0.2, 0.25) is 0 Å². The first kappa shape index (κ1) is 15.5. The van der Waals surface area contributed by atoms with E-state index in [2.05, 4.69) is 68.0 Å². The zero-order valence-electron chi connectivity index (χ0n) is 12.4. The Morgan fingerprint density at radius 1 is 1.42 bits per heavy atom. The summed E-state index contributed by atoms with van der Waals surface area (Å²) in [5, 5.41) is 3.66. The van der Waals surface area contributed by atoms with Crippen molar-refractivity contribution in [3.63, 3.8) is 0 Å². The van der Waals surface area contributed by atoms with E-state index < -0.39 is 0 Å². The fraction of sp³-hybridized carbons (Fsp3) is 0.733. The van der Waals surface area contributed by atoms with Crippen LogP contribution < -0.4 is 5.32 Å². The highest BCUT2D eigenvalue weighted by Gasteiger charge is 2.49. The summed E-state index contributed by atoms with van der Waals surface area (Å²) in [4.78, 5) is 1.40. The molecule has 1 fully saturated rings. The number of halogens is 1. The van der Waals surface area contributed by atoms with E-state index in [0.717, 1.165) is 13.0 Å². The fourth-order valence-electron chi connectivity index (χ4n) is 3.28. The number of nitrogens with one attached hydrogen (secondary N) is 1. The molecule has 2 atom stereocenters. The molecule has 2 heterocycles. The average molecular weight is 346 g/mol. The molecule has 0 aromatic carbocycles.